The fourth-order valence-electron chi connectivity index (χ4n) is 3.74. The van der Waals surface area contributed by atoms with Crippen LogP contribution in [0.1, 0.15) is 19.4 Å². The number of nitrogens with one attached hydrogen (secondary N) is 1. The topological polar surface area (TPSA) is 70.5 Å². The molecule has 1 aliphatic rings. The Morgan fingerprint density at radius 2 is 1.86 bits per heavy atom. The number of phenolic OH excluding ortho intramolecular Hbond substituents is 1. The van der Waals surface area contributed by atoms with Crippen molar-refractivity contribution in [3.63, 3.8) is 0 Å². The molecule has 0 atom stereocenters. The van der Waals surface area contributed by atoms with Crippen LogP contribution in [0.15, 0.2) is 42.5 Å². The lowest BCUT2D eigenvalue weighted by Gasteiger charge is -2.41. The normalized spacial score (nSPS) is 15.6. The van der Waals surface area contributed by atoms with Crippen LogP contribution < -0.4 is 5.32 Å². The van der Waals surface area contributed by atoms with Crippen molar-refractivity contribution in [1.82, 2.24) is 14.9 Å². The van der Waals surface area contributed by atoms with E-state index in [0.29, 0.717) is 11.4 Å². The average Bonchev–Trinajstić information content (AvgIpc) is 2.72. The van der Waals surface area contributed by atoms with E-state index in [4.69, 9.17) is 14.7 Å². The quantitative estimate of drug-likeness (QED) is 0.688. The number of aryl methyl sites for hydroxylation is 1. The van der Waals surface area contributed by atoms with E-state index in [1.54, 1.807) is 12.1 Å². The van der Waals surface area contributed by atoms with Crippen LogP contribution in [0, 0.1) is 6.92 Å². The molecule has 1 saturated heterocycles. The number of fused-ring (bicyclic) bond motifs is 1. The van der Waals surface area contributed by atoms with Crippen LogP contribution in [0.4, 0.5) is 5.82 Å². The summed E-state index contributed by atoms with van der Waals surface area (Å²) in [6.07, 6.45) is 0. The van der Waals surface area contributed by atoms with Gasteiger partial charge in [-0.15, -0.1) is 0 Å². The second-order valence-electron chi connectivity index (χ2n) is 8.20. The molecule has 0 amide bonds. The highest BCUT2D eigenvalue weighted by Crippen LogP contribution is 2.30. The van der Waals surface area contributed by atoms with Gasteiger partial charge in [0.15, 0.2) is 5.82 Å². The third-order valence-electron chi connectivity index (χ3n) is 5.55. The minimum atomic E-state index is -0.0409. The minimum Gasteiger partial charge on any atom is -0.507 e. The van der Waals surface area contributed by atoms with Gasteiger partial charge in [0.05, 0.1) is 24.3 Å². The molecule has 0 unspecified atom stereocenters. The summed E-state index contributed by atoms with van der Waals surface area (Å²) in [7, 11) is 0. The second kappa shape index (κ2) is 7.97. The largest absolute Gasteiger partial charge is 0.507 e. The van der Waals surface area contributed by atoms with Crippen molar-refractivity contribution in [3.05, 3.63) is 48.0 Å². The number of hydrogen-bond donors (Lipinski definition) is 2. The summed E-state index contributed by atoms with van der Waals surface area (Å²) in [4.78, 5) is 12.0. The lowest BCUT2D eigenvalue weighted by Crippen LogP contribution is -2.53. The first kappa shape index (κ1) is 19.6. The predicted octanol–water partition coefficient (Wildman–Crippen LogP) is 3.83. The number of benzene rings is 2. The second-order valence-corrected chi connectivity index (χ2v) is 8.20. The fraction of sp³-hybridized carbons (Fsp3) is 0.391. The molecule has 6 nitrogen and oxygen atoms in total. The maximum Gasteiger partial charge on any atom is 0.165 e. The molecule has 29 heavy (non-hydrogen) atoms. The van der Waals surface area contributed by atoms with Crippen LogP contribution in [0.25, 0.3) is 22.3 Å². The smallest absolute Gasteiger partial charge is 0.165 e. The van der Waals surface area contributed by atoms with E-state index in [2.05, 4.69) is 49.2 Å². The average molecular weight is 393 g/mol. The number of morpholine rings is 1. The first-order valence-corrected chi connectivity index (χ1v) is 10.1. The van der Waals surface area contributed by atoms with E-state index in [1.807, 2.05) is 12.1 Å². The number of nitrogens with zero attached hydrogens (tertiary/aromatic N) is 3. The SMILES string of the molecule is Cc1ccc2c(NCC(C)(C)N3CCOCC3)nc(-c3ccccc3O)nc2c1. The van der Waals surface area contributed by atoms with Gasteiger partial charge in [0.1, 0.15) is 11.6 Å². The van der Waals surface area contributed by atoms with Gasteiger partial charge in [-0.25, -0.2) is 9.97 Å². The molecule has 0 spiro atoms. The van der Waals surface area contributed by atoms with Gasteiger partial charge in [-0.3, -0.25) is 4.90 Å². The summed E-state index contributed by atoms with van der Waals surface area (Å²) < 4.78 is 5.50. The van der Waals surface area contributed by atoms with Crippen molar-refractivity contribution >= 4 is 16.7 Å². The lowest BCUT2D eigenvalue weighted by atomic mass is 10.0. The molecule has 0 bridgehead atoms. The molecule has 2 aromatic carbocycles. The minimum absolute atomic E-state index is 0.0409. The number of para-hydroxylation sites is 1. The number of ether oxygens (including phenoxy) is 1. The molecule has 2 heterocycles. The molecule has 1 aliphatic heterocycles. The van der Waals surface area contributed by atoms with E-state index in [0.717, 1.165) is 55.1 Å². The standard InChI is InChI=1S/C23H28N4O2/c1-16-8-9-17-19(14-16)25-22(18-6-4-5-7-20(18)28)26-21(17)24-15-23(2,3)27-10-12-29-13-11-27/h4-9,14,28H,10-13,15H2,1-3H3,(H,24,25,26). The molecule has 1 aromatic heterocycles. The van der Waals surface area contributed by atoms with Gasteiger partial charge >= 0.3 is 0 Å². The van der Waals surface area contributed by atoms with Crippen LogP contribution in [0.3, 0.4) is 0 Å². The number of hydrogen-bond acceptors (Lipinski definition) is 6. The highest BCUT2D eigenvalue weighted by atomic mass is 16.5. The molecule has 1 fully saturated rings. The van der Waals surface area contributed by atoms with Crippen LogP contribution in [-0.4, -0.2) is 58.4 Å². The highest BCUT2D eigenvalue weighted by Gasteiger charge is 2.28. The number of phenols is 1. The maximum atomic E-state index is 10.3. The summed E-state index contributed by atoms with van der Waals surface area (Å²) in [5.74, 6) is 1.49. The van der Waals surface area contributed by atoms with Gasteiger partial charge in [-0.1, -0.05) is 18.2 Å². The van der Waals surface area contributed by atoms with E-state index in [-0.39, 0.29) is 11.3 Å². The number of aromatic hydroxyl groups is 1. The van der Waals surface area contributed by atoms with Crippen LogP contribution >= 0.6 is 0 Å². The van der Waals surface area contributed by atoms with Crippen molar-refractivity contribution < 1.29 is 9.84 Å². The summed E-state index contributed by atoms with van der Waals surface area (Å²) in [6.45, 7) is 10.7. The molecule has 0 aliphatic carbocycles. The Labute approximate surface area is 171 Å². The number of rotatable bonds is 5. The molecule has 0 radical (unpaired) electrons. The van der Waals surface area contributed by atoms with Crippen molar-refractivity contribution in [2.24, 2.45) is 0 Å². The molecule has 3 aromatic rings. The molecule has 0 saturated carbocycles. The molecule has 152 valence electrons. The van der Waals surface area contributed by atoms with Crippen LogP contribution in [0.5, 0.6) is 5.75 Å². The first-order chi connectivity index (χ1) is 13.9. The Morgan fingerprint density at radius 3 is 2.62 bits per heavy atom. The summed E-state index contributed by atoms with van der Waals surface area (Å²) in [5, 5.41) is 14.8. The zero-order valence-electron chi connectivity index (χ0n) is 17.3. The van der Waals surface area contributed by atoms with E-state index < -0.39 is 0 Å². The van der Waals surface area contributed by atoms with Crippen molar-refractivity contribution in [3.8, 4) is 17.1 Å². The van der Waals surface area contributed by atoms with Gasteiger partial charge in [0.2, 0.25) is 0 Å². The molecular formula is C23H28N4O2. The fourth-order valence-corrected chi connectivity index (χ4v) is 3.74. The van der Waals surface area contributed by atoms with Crippen molar-refractivity contribution in [1.29, 1.82) is 0 Å². The van der Waals surface area contributed by atoms with Crippen LogP contribution in [0.2, 0.25) is 0 Å². The monoisotopic (exact) mass is 392 g/mol. The Balaban J connectivity index is 1.70. The predicted molar refractivity (Wildman–Crippen MR) is 116 cm³/mol. The van der Waals surface area contributed by atoms with Gasteiger partial charge in [0, 0.05) is 30.6 Å². The molecule has 4 rings (SSSR count). The Kier molecular flexibility index (Phi) is 5.39. The van der Waals surface area contributed by atoms with E-state index in [1.165, 1.54) is 0 Å². The first-order valence-electron chi connectivity index (χ1n) is 10.1. The summed E-state index contributed by atoms with van der Waals surface area (Å²) in [6, 6.07) is 13.4. The molecule has 2 N–H and O–H groups in total. The lowest BCUT2D eigenvalue weighted by molar-refractivity contribution is -0.00569. The number of anilines is 1. The maximum absolute atomic E-state index is 10.3. The van der Waals surface area contributed by atoms with Crippen molar-refractivity contribution in [2.75, 3.05) is 38.2 Å². The van der Waals surface area contributed by atoms with E-state index in [9.17, 15) is 5.11 Å². The molecule has 6 heteroatoms. The van der Waals surface area contributed by atoms with Gasteiger partial charge in [0.25, 0.3) is 0 Å². The summed E-state index contributed by atoms with van der Waals surface area (Å²) in [5.41, 5.74) is 2.59. The zero-order chi connectivity index (χ0) is 20.4. The van der Waals surface area contributed by atoms with Crippen molar-refractivity contribution in [2.45, 2.75) is 26.3 Å². The highest BCUT2D eigenvalue weighted by molar-refractivity contribution is 5.91. The third-order valence-corrected chi connectivity index (χ3v) is 5.55. The van der Waals surface area contributed by atoms with Gasteiger partial charge in [-0.05, 0) is 50.6 Å². The Bertz CT molecular complexity index is 1010. The van der Waals surface area contributed by atoms with Gasteiger partial charge in [-0.2, -0.15) is 0 Å². The third kappa shape index (κ3) is 4.18. The van der Waals surface area contributed by atoms with Crippen LogP contribution in [-0.2, 0) is 4.74 Å². The Hall–Kier alpha value is -2.70. The van der Waals surface area contributed by atoms with Gasteiger partial charge < -0.3 is 15.2 Å². The number of aromatic nitrogens is 2. The Morgan fingerprint density at radius 1 is 1.10 bits per heavy atom. The summed E-state index contributed by atoms with van der Waals surface area (Å²) >= 11 is 0. The van der Waals surface area contributed by atoms with E-state index >= 15 is 0 Å². The molecular weight excluding hydrogens is 364 g/mol. The zero-order valence-corrected chi connectivity index (χ0v) is 17.3.